The van der Waals surface area contributed by atoms with Gasteiger partial charge in [0.2, 0.25) is 0 Å². The van der Waals surface area contributed by atoms with Crippen LogP contribution in [0.15, 0.2) is 42.5 Å². The van der Waals surface area contributed by atoms with Crippen LogP contribution < -0.4 is 15.0 Å². The highest BCUT2D eigenvalue weighted by atomic mass is 35.5. The Morgan fingerprint density at radius 3 is 2.73 bits per heavy atom. The van der Waals surface area contributed by atoms with Crippen molar-refractivity contribution in [3.8, 4) is 5.75 Å². The van der Waals surface area contributed by atoms with Gasteiger partial charge < -0.3 is 19.9 Å². The Morgan fingerprint density at radius 2 is 1.97 bits per heavy atom. The van der Waals surface area contributed by atoms with Crippen molar-refractivity contribution in [2.75, 3.05) is 51.3 Å². The van der Waals surface area contributed by atoms with Crippen molar-refractivity contribution in [2.45, 2.75) is 12.6 Å². The monoisotopic (exact) mass is 492 g/mol. The molecule has 1 aromatic heterocycles. The van der Waals surface area contributed by atoms with Crippen LogP contribution in [-0.4, -0.2) is 68.3 Å². The van der Waals surface area contributed by atoms with E-state index in [1.54, 1.807) is 19.2 Å². The summed E-state index contributed by atoms with van der Waals surface area (Å²) in [6, 6.07) is 12.9. The van der Waals surface area contributed by atoms with Crippen LogP contribution in [0, 0.1) is 0 Å². The molecule has 0 aliphatic carbocycles. The molecule has 0 radical (unpaired) electrons. The van der Waals surface area contributed by atoms with Crippen molar-refractivity contribution in [1.82, 2.24) is 15.2 Å². The average Bonchev–Trinajstić information content (AvgIpc) is 3.25. The number of alkyl halides is 1. The number of methoxy groups -OCH3 is 1. The maximum Gasteiger partial charge on any atom is 0.267 e. The van der Waals surface area contributed by atoms with Crippen LogP contribution in [0.25, 0.3) is 10.9 Å². The molecule has 1 saturated heterocycles. The second-order valence-corrected chi connectivity index (χ2v) is 8.92. The van der Waals surface area contributed by atoms with Crippen molar-refractivity contribution in [2.24, 2.45) is 0 Å². The summed E-state index contributed by atoms with van der Waals surface area (Å²) in [6.07, 6.45) is -0.751. The predicted molar refractivity (Wildman–Crippen MR) is 132 cm³/mol. The number of carbonyl (C=O) groups excluding carboxylic acids is 1. The molecule has 6 nitrogen and oxygen atoms in total. The van der Waals surface area contributed by atoms with Gasteiger partial charge in [0.1, 0.15) is 17.6 Å². The summed E-state index contributed by atoms with van der Waals surface area (Å²) in [5.41, 5.74) is 2.21. The SMILES string of the molecule is COc1ccc2[nH]c(C(=O)NCCC(F)CN3CCN(c4cccc(Cl)c4Cl)CC3)cc2c1. The number of piperazine rings is 1. The first-order valence-electron chi connectivity index (χ1n) is 10.9. The van der Waals surface area contributed by atoms with E-state index in [-0.39, 0.29) is 18.9 Å². The predicted octanol–water partition coefficient (Wildman–Crippen LogP) is 4.76. The molecule has 2 aromatic carbocycles. The Balaban J connectivity index is 1.20. The van der Waals surface area contributed by atoms with Crippen molar-refractivity contribution in [3.63, 3.8) is 0 Å². The molecular weight excluding hydrogens is 466 g/mol. The second-order valence-electron chi connectivity index (χ2n) is 8.14. The van der Waals surface area contributed by atoms with Crippen LogP contribution in [0.3, 0.4) is 0 Å². The van der Waals surface area contributed by atoms with Crippen molar-refractivity contribution < 1.29 is 13.9 Å². The minimum Gasteiger partial charge on any atom is -0.497 e. The Hall–Kier alpha value is -2.48. The number of aromatic amines is 1. The average molecular weight is 493 g/mol. The third-order valence-corrected chi connectivity index (χ3v) is 6.73. The Morgan fingerprint density at radius 1 is 1.18 bits per heavy atom. The van der Waals surface area contributed by atoms with E-state index in [1.165, 1.54) is 0 Å². The van der Waals surface area contributed by atoms with Crippen molar-refractivity contribution in [1.29, 1.82) is 0 Å². The number of rotatable bonds is 8. The third-order valence-electron chi connectivity index (χ3n) is 5.92. The number of aromatic nitrogens is 1. The van der Waals surface area contributed by atoms with Crippen molar-refractivity contribution in [3.05, 3.63) is 58.2 Å². The highest BCUT2D eigenvalue weighted by Crippen LogP contribution is 2.32. The van der Waals surface area contributed by atoms with Gasteiger partial charge in [-0.25, -0.2) is 4.39 Å². The highest BCUT2D eigenvalue weighted by molar-refractivity contribution is 6.43. The molecular formula is C24H27Cl2FN4O2. The maximum absolute atomic E-state index is 14.6. The highest BCUT2D eigenvalue weighted by Gasteiger charge is 2.22. The summed E-state index contributed by atoms with van der Waals surface area (Å²) in [5, 5.41) is 4.78. The molecule has 1 fully saturated rings. The molecule has 2 N–H and O–H groups in total. The topological polar surface area (TPSA) is 60.6 Å². The number of halogens is 3. The molecule has 1 aliphatic rings. The van der Waals surface area contributed by atoms with E-state index in [0.717, 1.165) is 48.5 Å². The van der Waals surface area contributed by atoms with Gasteiger partial charge in [-0.3, -0.25) is 9.69 Å². The van der Waals surface area contributed by atoms with Crippen LogP contribution in [0.2, 0.25) is 10.0 Å². The van der Waals surface area contributed by atoms with E-state index < -0.39 is 6.17 Å². The number of ether oxygens (including phenoxy) is 1. The number of anilines is 1. The smallest absolute Gasteiger partial charge is 0.267 e. The Kier molecular flexibility index (Phi) is 7.63. The molecule has 1 aliphatic heterocycles. The zero-order chi connectivity index (χ0) is 23.4. The van der Waals surface area contributed by atoms with Gasteiger partial charge in [-0.15, -0.1) is 0 Å². The normalized spacial score (nSPS) is 15.6. The minimum absolute atomic E-state index is 0.246. The lowest BCUT2D eigenvalue weighted by Gasteiger charge is -2.37. The van der Waals surface area contributed by atoms with Gasteiger partial charge in [0.05, 0.1) is 22.8 Å². The summed E-state index contributed by atoms with van der Waals surface area (Å²) >= 11 is 12.4. The molecule has 0 saturated carbocycles. The first-order chi connectivity index (χ1) is 15.9. The molecule has 33 heavy (non-hydrogen) atoms. The van der Waals surface area contributed by atoms with Gasteiger partial charge in [-0.1, -0.05) is 29.3 Å². The van der Waals surface area contributed by atoms with E-state index in [4.69, 9.17) is 27.9 Å². The van der Waals surface area contributed by atoms with E-state index in [0.29, 0.717) is 22.3 Å². The summed E-state index contributed by atoms with van der Waals surface area (Å²) in [6.45, 7) is 3.63. The molecule has 1 atom stereocenters. The Labute approximate surface area is 202 Å². The number of nitrogens with one attached hydrogen (secondary N) is 2. The molecule has 176 valence electrons. The second kappa shape index (κ2) is 10.6. The van der Waals surface area contributed by atoms with Gasteiger partial charge in [0, 0.05) is 50.2 Å². The van der Waals surface area contributed by atoms with Gasteiger partial charge in [0.15, 0.2) is 0 Å². The zero-order valence-corrected chi connectivity index (χ0v) is 19.9. The zero-order valence-electron chi connectivity index (χ0n) is 18.4. The number of hydrogen-bond acceptors (Lipinski definition) is 4. The van der Waals surface area contributed by atoms with Crippen LogP contribution in [0.4, 0.5) is 10.1 Å². The lowest BCUT2D eigenvalue weighted by atomic mass is 10.2. The van der Waals surface area contributed by atoms with Crippen molar-refractivity contribution >= 4 is 45.7 Å². The van der Waals surface area contributed by atoms with Gasteiger partial charge in [0.25, 0.3) is 5.91 Å². The number of hydrogen-bond donors (Lipinski definition) is 2. The fourth-order valence-corrected chi connectivity index (χ4v) is 4.49. The van der Waals surface area contributed by atoms with Gasteiger partial charge in [-0.05, 0) is 42.8 Å². The summed E-state index contributed by atoms with van der Waals surface area (Å²) in [4.78, 5) is 19.8. The van der Waals surface area contributed by atoms with Crippen LogP contribution in [0.5, 0.6) is 5.75 Å². The van der Waals surface area contributed by atoms with E-state index in [9.17, 15) is 9.18 Å². The fraction of sp³-hybridized carbons (Fsp3) is 0.375. The first kappa shape index (κ1) is 23.7. The lowest BCUT2D eigenvalue weighted by molar-refractivity contribution is 0.0943. The molecule has 2 heterocycles. The molecule has 9 heteroatoms. The van der Waals surface area contributed by atoms with Crippen LogP contribution in [0.1, 0.15) is 16.9 Å². The summed E-state index contributed by atoms with van der Waals surface area (Å²) in [7, 11) is 1.60. The molecule has 0 spiro atoms. The van der Waals surface area contributed by atoms with Gasteiger partial charge in [-0.2, -0.15) is 0 Å². The first-order valence-corrected chi connectivity index (χ1v) is 11.7. The number of fused-ring (bicyclic) bond motifs is 1. The minimum atomic E-state index is -1.02. The maximum atomic E-state index is 14.6. The van der Waals surface area contributed by atoms with Crippen LogP contribution in [-0.2, 0) is 0 Å². The number of benzene rings is 2. The third kappa shape index (κ3) is 5.72. The number of nitrogens with zero attached hydrogens (tertiary/aromatic N) is 2. The summed E-state index contributed by atoms with van der Waals surface area (Å²) in [5.74, 6) is 0.481. The Bertz CT molecular complexity index is 1120. The molecule has 3 aromatic rings. The molecule has 1 unspecified atom stereocenters. The molecule has 1 amide bonds. The largest absolute Gasteiger partial charge is 0.497 e. The van der Waals surface area contributed by atoms with Crippen LogP contribution >= 0.6 is 23.2 Å². The molecule has 0 bridgehead atoms. The van der Waals surface area contributed by atoms with E-state index in [2.05, 4.69) is 20.1 Å². The fourth-order valence-electron chi connectivity index (χ4n) is 4.08. The number of carbonyl (C=O) groups is 1. The number of amides is 1. The summed E-state index contributed by atoms with van der Waals surface area (Å²) < 4.78 is 19.8. The quantitative estimate of drug-likeness (QED) is 0.475. The van der Waals surface area contributed by atoms with E-state index in [1.807, 2.05) is 30.3 Å². The standard InChI is InChI=1S/C24H27Cl2FN4O2/c1-33-18-5-6-20-16(13-18)14-21(29-20)24(32)28-8-7-17(27)15-30-9-11-31(12-10-30)22-4-2-3-19(25)23(22)26/h2-6,13-14,17,29H,7-12,15H2,1H3,(H,28,32). The lowest BCUT2D eigenvalue weighted by Crippen LogP contribution is -2.48. The van der Waals surface area contributed by atoms with Gasteiger partial charge >= 0.3 is 0 Å². The van der Waals surface area contributed by atoms with E-state index >= 15 is 0 Å². The number of H-pyrrole nitrogens is 1. The molecule has 4 rings (SSSR count).